The second-order valence-corrected chi connectivity index (χ2v) is 2.56. The van der Waals surface area contributed by atoms with Gasteiger partial charge in [-0.15, -0.1) is 4.91 Å². The molecule has 1 N–H and O–H groups in total. The third-order valence-corrected chi connectivity index (χ3v) is 1.54. The molecule has 0 saturated heterocycles. The van der Waals surface area contributed by atoms with Gasteiger partial charge in [-0.25, -0.2) is 8.78 Å². The Morgan fingerprint density at radius 3 is 2.57 bits per heavy atom. The van der Waals surface area contributed by atoms with Crippen molar-refractivity contribution in [2.75, 3.05) is 0 Å². The van der Waals surface area contributed by atoms with Crippen LogP contribution in [-0.4, -0.2) is 11.1 Å². The monoisotopic (exact) mass is 201 g/mol. The number of halogens is 2. The maximum atomic E-state index is 12.9. The molecule has 0 bridgehead atoms. The fraction of sp³-hybridized carbons (Fsp3) is 0.125. The van der Waals surface area contributed by atoms with E-state index >= 15 is 0 Å². The third-order valence-electron chi connectivity index (χ3n) is 1.54. The van der Waals surface area contributed by atoms with Gasteiger partial charge in [-0.1, -0.05) is 0 Å². The van der Waals surface area contributed by atoms with Crippen LogP contribution >= 0.6 is 0 Å². The molecular formula is C8H5F2NO3. The largest absolute Gasteiger partial charge is 0.481 e. The van der Waals surface area contributed by atoms with E-state index in [0.717, 1.165) is 6.07 Å². The number of hydrogen-bond acceptors (Lipinski definition) is 3. The molecule has 0 unspecified atom stereocenters. The minimum absolute atomic E-state index is 0.333. The van der Waals surface area contributed by atoms with Crippen LogP contribution in [-0.2, 0) is 11.2 Å². The van der Waals surface area contributed by atoms with Gasteiger partial charge in [0, 0.05) is 11.6 Å². The molecule has 0 amide bonds. The van der Waals surface area contributed by atoms with Crippen molar-refractivity contribution in [1.29, 1.82) is 0 Å². The van der Waals surface area contributed by atoms with E-state index in [0.29, 0.717) is 6.07 Å². The van der Waals surface area contributed by atoms with Gasteiger partial charge < -0.3 is 5.11 Å². The number of aliphatic carboxylic acids is 1. The van der Waals surface area contributed by atoms with Crippen molar-refractivity contribution in [2.45, 2.75) is 6.42 Å². The smallest absolute Gasteiger partial charge is 0.307 e. The summed E-state index contributed by atoms with van der Waals surface area (Å²) in [6.45, 7) is 0. The highest BCUT2D eigenvalue weighted by molar-refractivity contribution is 5.70. The highest BCUT2D eigenvalue weighted by atomic mass is 19.2. The molecule has 14 heavy (non-hydrogen) atoms. The molecule has 1 rings (SSSR count). The van der Waals surface area contributed by atoms with E-state index in [1.54, 1.807) is 0 Å². The first-order valence-electron chi connectivity index (χ1n) is 3.57. The molecular weight excluding hydrogens is 196 g/mol. The number of nitroso groups, excluding NO2 is 1. The van der Waals surface area contributed by atoms with Crippen molar-refractivity contribution in [3.8, 4) is 0 Å². The number of carbonyl (C=O) groups is 1. The summed E-state index contributed by atoms with van der Waals surface area (Å²) >= 11 is 0. The molecule has 1 aromatic rings. The molecule has 4 nitrogen and oxygen atoms in total. The maximum absolute atomic E-state index is 12.9. The summed E-state index contributed by atoms with van der Waals surface area (Å²) in [6.07, 6.45) is -0.688. The van der Waals surface area contributed by atoms with E-state index in [2.05, 4.69) is 5.18 Å². The van der Waals surface area contributed by atoms with Gasteiger partial charge in [0.1, 0.15) is 5.69 Å². The van der Waals surface area contributed by atoms with Gasteiger partial charge in [0.05, 0.1) is 6.42 Å². The highest BCUT2D eigenvalue weighted by Gasteiger charge is 2.13. The average Bonchev–Trinajstić information content (AvgIpc) is 2.11. The molecule has 0 aliphatic heterocycles. The van der Waals surface area contributed by atoms with Gasteiger partial charge in [-0.2, -0.15) is 0 Å². The summed E-state index contributed by atoms with van der Waals surface area (Å²) in [6, 6.07) is 1.51. The molecule has 0 atom stereocenters. The van der Waals surface area contributed by atoms with E-state index in [1.807, 2.05) is 0 Å². The Labute approximate surface area is 77.1 Å². The van der Waals surface area contributed by atoms with Crippen LogP contribution in [0.4, 0.5) is 14.5 Å². The van der Waals surface area contributed by atoms with Crippen LogP contribution in [0, 0.1) is 16.5 Å². The van der Waals surface area contributed by atoms with Gasteiger partial charge >= 0.3 is 5.97 Å². The van der Waals surface area contributed by atoms with Crippen molar-refractivity contribution in [3.63, 3.8) is 0 Å². The normalized spacial score (nSPS) is 9.86. The molecule has 6 heteroatoms. The predicted octanol–water partition coefficient (Wildman–Crippen LogP) is 1.99. The Bertz CT molecular complexity index is 392. The molecule has 0 radical (unpaired) electrons. The van der Waals surface area contributed by atoms with Crippen LogP contribution < -0.4 is 0 Å². The molecule has 0 saturated carbocycles. The average molecular weight is 201 g/mol. The third kappa shape index (κ3) is 2.09. The van der Waals surface area contributed by atoms with Crippen LogP contribution in [0.5, 0.6) is 0 Å². The summed E-state index contributed by atoms with van der Waals surface area (Å²) in [7, 11) is 0. The van der Waals surface area contributed by atoms with Gasteiger partial charge in [-0.05, 0) is 11.2 Å². The Morgan fingerprint density at radius 1 is 1.43 bits per heavy atom. The number of benzene rings is 1. The summed E-state index contributed by atoms with van der Waals surface area (Å²) in [4.78, 5) is 20.3. The SMILES string of the molecule is O=Nc1cc(F)c(F)c(CC(=O)O)c1. The zero-order chi connectivity index (χ0) is 10.7. The Balaban J connectivity index is 3.19. The first-order valence-corrected chi connectivity index (χ1v) is 3.57. The van der Waals surface area contributed by atoms with Crippen LogP contribution in [0.1, 0.15) is 5.56 Å². The molecule has 0 fully saturated rings. The topological polar surface area (TPSA) is 66.7 Å². The lowest BCUT2D eigenvalue weighted by atomic mass is 10.1. The summed E-state index contributed by atoms with van der Waals surface area (Å²) in [5.41, 5.74) is -0.729. The Morgan fingerprint density at radius 2 is 2.07 bits per heavy atom. The second-order valence-electron chi connectivity index (χ2n) is 2.56. The molecule has 1 aromatic carbocycles. The summed E-state index contributed by atoms with van der Waals surface area (Å²) < 4.78 is 25.6. The first-order chi connectivity index (χ1) is 6.54. The van der Waals surface area contributed by atoms with Crippen molar-refractivity contribution in [1.82, 2.24) is 0 Å². The van der Waals surface area contributed by atoms with Crippen LogP contribution in [0.3, 0.4) is 0 Å². The Kier molecular flexibility index (Phi) is 2.85. The van der Waals surface area contributed by atoms with Gasteiger partial charge in [0.15, 0.2) is 11.6 Å². The zero-order valence-corrected chi connectivity index (χ0v) is 6.83. The van der Waals surface area contributed by atoms with E-state index in [9.17, 15) is 18.5 Å². The van der Waals surface area contributed by atoms with Gasteiger partial charge in [0.25, 0.3) is 0 Å². The zero-order valence-electron chi connectivity index (χ0n) is 6.83. The molecule has 74 valence electrons. The minimum Gasteiger partial charge on any atom is -0.481 e. The number of hydrogen-bond donors (Lipinski definition) is 1. The molecule has 0 aliphatic carbocycles. The standard InChI is InChI=1S/C8H5F2NO3/c9-6-3-5(11-14)1-4(8(6)10)2-7(12)13/h1,3H,2H2,(H,12,13). The molecule has 0 spiro atoms. The fourth-order valence-electron chi connectivity index (χ4n) is 0.974. The number of carboxylic acids is 1. The number of nitrogens with zero attached hydrogens (tertiary/aromatic N) is 1. The summed E-state index contributed by atoms with van der Waals surface area (Å²) in [5.74, 6) is -3.86. The van der Waals surface area contributed by atoms with Crippen LogP contribution in [0.25, 0.3) is 0 Å². The number of rotatable bonds is 3. The van der Waals surface area contributed by atoms with Crippen molar-refractivity contribution < 1.29 is 18.7 Å². The summed E-state index contributed by atoms with van der Waals surface area (Å²) in [5, 5.41) is 10.7. The van der Waals surface area contributed by atoms with Crippen molar-refractivity contribution in [3.05, 3.63) is 34.2 Å². The van der Waals surface area contributed by atoms with E-state index < -0.39 is 29.6 Å². The van der Waals surface area contributed by atoms with Gasteiger partial charge in [-0.3, -0.25) is 4.79 Å². The fourth-order valence-corrected chi connectivity index (χ4v) is 0.974. The maximum Gasteiger partial charge on any atom is 0.307 e. The van der Waals surface area contributed by atoms with Crippen molar-refractivity contribution in [2.24, 2.45) is 5.18 Å². The van der Waals surface area contributed by atoms with Crippen LogP contribution in [0.2, 0.25) is 0 Å². The van der Waals surface area contributed by atoms with E-state index in [4.69, 9.17) is 5.11 Å². The van der Waals surface area contributed by atoms with E-state index in [-0.39, 0.29) is 5.69 Å². The van der Waals surface area contributed by atoms with E-state index in [1.165, 1.54) is 0 Å². The highest BCUT2D eigenvalue weighted by Crippen LogP contribution is 2.21. The van der Waals surface area contributed by atoms with Gasteiger partial charge in [0.2, 0.25) is 0 Å². The molecule has 0 aromatic heterocycles. The lowest BCUT2D eigenvalue weighted by Gasteiger charge is -2.01. The lowest BCUT2D eigenvalue weighted by Crippen LogP contribution is -2.03. The molecule has 0 heterocycles. The van der Waals surface area contributed by atoms with Crippen LogP contribution in [0.15, 0.2) is 17.3 Å². The second kappa shape index (κ2) is 3.91. The first kappa shape index (κ1) is 10.2. The van der Waals surface area contributed by atoms with Crippen molar-refractivity contribution >= 4 is 11.7 Å². The minimum atomic E-state index is -1.31. The number of carboxylic acid groups (broad SMARTS) is 1. The Hall–Kier alpha value is -1.85. The molecule has 0 aliphatic rings. The predicted molar refractivity (Wildman–Crippen MR) is 43.2 cm³/mol. The lowest BCUT2D eigenvalue weighted by molar-refractivity contribution is -0.136. The quantitative estimate of drug-likeness (QED) is 0.760.